The van der Waals surface area contributed by atoms with Crippen molar-refractivity contribution >= 4 is 100.0 Å². The van der Waals surface area contributed by atoms with Crippen molar-refractivity contribution in [3.8, 4) is 50.8 Å². The molecule has 0 radical (unpaired) electrons. The zero-order valence-electron chi connectivity index (χ0n) is 80.6. The number of H-pyrrole nitrogens is 2. The number of benzene rings is 12. The number of thiophene rings is 1. The molecule has 12 aromatic carbocycles. The fourth-order valence-electron chi connectivity index (χ4n) is 17.9. The highest BCUT2D eigenvalue weighted by atomic mass is 35.5. The molecule has 18 aromatic rings. The number of aliphatic hydroxyl groups is 2. The maximum atomic E-state index is 13.6. The topological polar surface area (TPSA) is 256 Å². The first kappa shape index (κ1) is 101. The summed E-state index contributed by atoms with van der Waals surface area (Å²) < 4.78 is 40.9. The summed E-state index contributed by atoms with van der Waals surface area (Å²) in [6.45, 7) is 16.5. The molecular weight excluding hydrogens is 1840 g/mol. The summed E-state index contributed by atoms with van der Waals surface area (Å²) >= 11 is 9.12. The molecule has 3 aliphatic heterocycles. The van der Waals surface area contributed by atoms with Gasteiger partial charge in [0.2, 0.25) is 11.8 Å². The van der Waals surface area contributed by atoms with E-state index in [0.29, 0.717) is 50.1 Å². The zero-order chi connectivity index (χ0) is 98.1. The fraction of sp³-hybridized carbons (Fsp3) is 0.278. The lowest BCUT2D eigenvalue weighted by atomic mass is 9.96. The lowest BCUT2D eigenvalue weighted by Gasteiger charge is -2.39. The van der Waals surface area contributed by atoms with Crippen molar-refractivity contribution in [2.45, 2.75) is 76.7 Å². The van der Waals surface area contributed by atoms with Gasteiger partial charge in [-0.05, 0) is 245 Å². The molecule has 7 N–H and O–H groups in total. The minimum absolute atomic E-state index is 0.0834. The predicted octanol–water partition coefficient (Wildman–Crippen LogP) is 22.2. The number of phenols is 2. The lowest BCUT2D eigenvalue weighted by Crippen LogP contribution is -2.48. The van der Waals surface area contributed by atoms with E-state index in [4.69, 9.17) is 45.7 Å². The molecule has 0 aliphatic carbocycles. The summed E-state index contributed by atoms with van der Waals surface area (Å²) in [7, 11) is 5.85. The Kier molecular flexibility index (Phi) is 37.0. The first-order valence-corrected chi connectivity index (χ1v) is 50.8. The lowest BCUT2D eigenvalue weighted by molar-refractivity contribution is 0.0522. The summed E-state index contributed by atoms with van der Waals surface area (Å²) in [5, 5.41) is 51.5. The van der Waals surface area contributed by atoms with Crippen LogP contribution in [0.1, 0.15) is 93.9 Å². The van der Waals surface area contributed by atoms with E-state index < -0.39 is 0 Å². The molecule has 0 bridgehead atoms. The van der Waals surface area contributed by atoms with Crippen LogP contribution in [0, 0.1) is 5.82 Å². The second-order valence-electron chi connectivity index (χ2n) is 35.7. The highest BCUT2D eigenvalue weighted by molar-refractivity contribution is 7.22. The highest BCUT2D eigenvalue weighted by Gasteiger charge is 2.29. The summed E-state index contributed by atoms with van der Waals surface area (Å²) in [5.41, 5.74) is 18.2. The van der Waals surface area contributed by atoms with Crippen LogP contribution in [0.4, 0.5) is 10.3 Å². The second-order valence-corrected chi connectivity index (χ2v) is 37.9. The number of ketones is 1. The quantitative estimate of drug-likeness (QED) is 0.0153. The van der Waals surface area contributed by atoms with Crippen LogP contribution in [0.15, 0.2) is 314 Å². The monoisotopic (exact) mass is 1960 g/mol. The first-order valence-electron chi connectivity index (χ1n) is 48.7. The molecule has 0 amide bonds. The molecule has 21 rings (SSSR count). The molecule has 3 fully saturated rings. The number of fused-ring (bicyclic) bond motifs is 5. The van der Waals surface area contributed by atoms with Crippen molar-refractivity contribution in [2.24, 2.45) is 0 Å². The third-order valence-electron chi connectivity index (χ3n) is 25.5. The van der Waals surface area contributed by atoms with Crippen molar-refractivity contribution in [3.05, 3.63) is 370 Å². The first-order chi connectivity index (χ1) is 69.6. The van der Waals surface area contributed by atoms with Gasteiger partial charge in [-0.2, -0.15) is 0 Å². The molecule has 6 aromatic heterocycles. The molecule has 0 spiro atoms. The number of aliphatic hydroxyl groups excluding tert-OH is 2. The van der Waals surface area contributed by atoms with E-state index in [-0.39, 0.29) is 42.4 Å². The van der Waals surface area contributed by atoms with Crippen LogP contribution in [0.3, 0.4) is 0 Å². The number of halogens is 2. The van der Waals surface area contributed by atoms with E-state index in [1.54, 1.807) is 60.9 Å². The maximum Gasteiger partial charge on any atom is 0.240 e. The summed E-state index contributed by atoms with van der Waals surface area (Å²) in [6, 6.07) is 96.6. The molecule has 3 saturated heterocycles. The molecular formula is C115H124ClFN14O9S2. The molecule has 1 atom stereocenters. The van der Waals surface area contributed by atoms with Gasteiger partial charge in [0.15, 0.2) is 11.6 Å². The number of phenolic OH excluding ortho intramolecular Hbond substituents is 2. The standard InChI is InChI=1S/C28H31FN4O.C28H27NO4S.C21H27ClN2O2.C19H23N3O.C10H7N3S.C9H9NO/c1-34-25-12-8-21(9-13-25)14-17-32-18-15-24(16-19-32)30-28-31-26-4-2-3-5-27(26)33(28)20-22-6-10-23(29)11-7-22;30-21-8-4-20(5-9-21)28-26(24-13-10-22(31)18-25(24)34-28)27(32)19-6-11-23(12-7-19)33-17-16-29-14-2-1-3-15-29;22-20-8-6-19(7-9-20)21(18-4-2-1-3-5-18)24-12-10-23(11-13-24)14-16-26-17-15-25;1-21(2)13-8-14-23-19-17-11-6-7-12-18(17)22(20-19)15-16-9-4-3-5-10-16;1-2-4-8-7(3-1)12-10(13-8)9-5-14-6-11-9;11-6-7-5-10-9-4-2-1-3-8(7)9/h2-13,24H,14-20H2,1H3,(H,30,31);4-13,18,30-31H,1-3,14-17H2;1-9,21,25H,10-17H2;3-7,9-12H,8,13-15H2,1-2H3;1-6H,(H,12,13);1-5,10-11H,6H2. The average molecular weight is 1960 g/mol. The molecule has 23 nitrogen and oxygen atoms in total. The predicted molar refractivity (Wildman–Crippen MR) is 572 cm³/mol. The molecule has 1 unspecified atom stereocenters. The number of carbonyl (C=O) groups is 1. The summed E-state index contributed by atoms with van der Waals surface area (Å²) in [5.74, 6) is 4.16. The number of carbonyl (C=O) groups excluding carboxylic acids is 1. The number of aromatic nitrogens is 8. The largest absolute Gasteiger partial charge is 0.508 e. The number of piperazine rings is 1. The average Bonchev–Trinajstić information content (AvgIpc) is 1.59. The Hall–Kier alpha value is -13.5. The molecule has 734 valence electrons. The summed E-state index contributed by atoms with van der Waals surface area (Å²) in [6.07, 6.45) is 9.90. The minimum atomic E-state index is -0.212. The van der Waals surface area contributed by atoms with Crippen molar-refractivity contribution in [2.75, 3.05) is 138 Å². The van der Waals surface area contributed by atoms with Crippen molar-refractivity contribution in [1.29, 1.82) is 0 Å². The Morgan fingerprint density at radius 3 is 1.92 bits per heavy atom. The fourth-order valence-corrected chi connectivity index (χ4v) is 19.8. The number of piperidine rings is 2. The van der Waals surface area contributed by atoms with Gasteiger partial charge in [-0.15, -0.1) is 27.8 Å². The van der Waals surface area contributed by atoms with E-state index in [2.05, 4.69) is 171 Å². The smallest absolute Gasteiger partial charge is 0.240 e. The van der Waals surface area contributed by atoms with Gasteiger partial charge in [-0.1, -0.05) is 170 Å². The van der Waals surface area contributed by atoms with Crippen LogP contribution < -0.4 is 19.5 Å². The summed E-state index contributed by atoms with van der Waals surface area (Å²) in [4.78, 5) is 46.4. The normalized spacial score (nSPS) is 13.9. The van der Waals surface area contributed by atoms with Crippen LogP contribution >= 0.6 is 34.3 Å². The van der Waals surface area contributed by atoms with Crippen LogP contribution in [0.5, 0.6) is 28.9 Å². The second kappa shape index (κ2) is 51.8. The number of aromatic hydroxyl groups is 2. The number of likely N-dealkylation sites (tertiary alicyclic amines) is 2. The Morgan fingerprint density at radius 2 is 1.21 bits per heavy atom. The van der Waals surface area contributed by atoms with Crippen LogP contribution in [0.2, 0.25) is 5.02 Å². The SMILES string of the molecule is CN(C)CCCOc1nn(Cc2ccccc2)c2ccccc12.COc1ccc(CCN2CCC(Nc3nc4ccccc4n3Cc3ccc(F)cc3)CC2)cc1.O=C(c1ccc(OCCN2CCCCC2)cc1)c1c(-c2ccc(O)cc2)sc2cc(O)ccc12.OCCOCCN1CCN(C(c2ccccc2)c2ccc(Cl)cc2)CC1.OCc1c[nH]c2ccccc12.c1ccc2[nH]c(-c3cscn3)nc2c1. The highest BCUT2D eigenvalue weighted by Crippen LogP contribution is 2.43. The number of nitrogens with one attached hydrogen (secondary N) is 3. The Balaban J connectivity index is 0.000000127. The van der Waals surface area contributed by atoms with Crippen LogP contribution in [0.25, 0.3) is 75.9 Å². The Labute approximate surface area is 842 Å². The van der Waals surface area contributed by atoms with Gasteiger partial charge in [0.05, 0.1) is 97.8 Å². The van der Waals surface area contributed by atoms with Gasteiger partial charge in [0.1, 0.15) is 41.1 Å². The van der Waals surface area contributed by atoms with Crippen LogP contribution in [-0.2, 0) is 30.9 Å². The number of hydrogen-bond acceptors (Lipinski definition) is 21. The number of aromatic amines is 2. The van der Waals surface area contributed by atoms with Gasteiger partial charge in [-0.25, -0.2) is 19.3 Å². The number of methoxy groups -OCH3 is 1. The van der Waals surface area contributed by atoms with Gasteiger partial charge in [-0.3, -0.25) is 24.2 Å². The van der Waals surface area contributed by atoms with Gasteiger partial charge in [0, 0.05) is 131 Å². The molecule has 3 aliphatic rings. The van der Waals surface area contributed by atoms with Crippen molar-refractivity contribution in [3.63, 3.8) is 0 Å². The number of rotatable bonds is 32. The van der Waals surface area contributed by atoms with E-state index in [0.717, 1.165) is 226 Å². The number of hydrogen-bond donors (Lipinski definition) is 7. The third-order valence-corrected chi connectivity index (χ3v) is 27.6. The van der Waals surface area contributed by atoms with Gasteiger partial charge >= 0.3 is 0 Å². The van der Waals surface area contributed by atoms with E-state index in [1.807, 2.05) is 167 Å². The minimum Gasteiger partial charge on any atom is -0.508 e. The Morgan fingerprint density at radius 1 is 0.577 bits per heavy atom. The van der Waals surface area contributed by atoms with E-state index >= 15 is 0 Å². The van der Waals surface area contributed by atoms with Gasteiger partial charge in [0.25, 0.3) is 0 Å². The number of anilines is 1. The van der Waals surface area contributed by atoms with E-state index in [1.165, 1.54) is 65.0 Å². The maximum absolute atomic E-state index is 13.6. The van der Waals surface area contributed by atoms with Crippen molar-refractivity contribution in [1.82, 2.24) is 63.8 Å². The van der Waals surface area contributed by atoms with Gasteiger partial charge < -0.3 is 69.0 Å². The molecule has 27 heteroatoms. The van der Waals surface area contributed by atoms with E-state index in [9.17, 15) is 19.4 Å². The van der Waals surface area contributed by atoms with Crippen LogP contribution in [-0.4, -0.2) is 229 Å². The molecule has 9 heterocycles. The molecule has 142 heavy (non-hydrogen) atoms. The Bertz CT molecular complexity index is 6860. The third kappa shape index (κ3) is 28.3. The number of nitrogens with zero attached hydrogens (tertiary/aromatic N) is 11. The number of ether oxygens (including phenoxy) is 4. The van der Waals surface area contributed by atoms with Crippen molar-refractivity contribution < 1.29 is 48.6 Å². The molecule has 0 saturated carbocycles. The zero-order valence-corrected chi connectivity index (χ0v) is 83.0. The number of thiazole rings is 1. The number of para-hydroxylation sites is 6. The number of imidazole rings is 2.